The fourth-order valence-corrected chi connectivity index (χ4v) is 3.88. The van der Waals surface area contributed by atoms with Crippen molar-refractivity contribution >= 4 is 38.8 Å². The summed E-state index contributed by atoms with van der Waals surface area (Å²) in [6.45, 7) is 2.75. The van der Waals surface area contributed by atoms with Crippen LogP contribution in [0.4, 0.5) is 29.0 Å². The van der Waals surface area contributed by atoms with Crippen LogP contribution in [0.15, 0.2) is 59.5 Å². The number of sulfone groups is 1. The molecule has 0 amide bonds. The summed E-state index contributed by atoms with van der Waals surface area (Å²) in [5, 5.41) is 6.48. The van der Waals surface area contributed by atoms with Crippen molar-refractivity contribution < 1.29 is 17.9 Å². The Kier molecular flexibility index (Phi) is 6.42. The fourth-order valence-electron chi connectivity index (χ4n) is 3.25. The van der Waals surface area contributed by atoms with E-state index < -0.39 is 9.84 Å². The maximum Gasteiger partial charge on any atom is 0.231 e. The molecule has 1 aromatic heterocycles. The summed E-state index contributed by atoms with van der Waals surface area (Å²) < 4.78 is 34.1. The van der Waals surface area contributed by atoms with Crippen LogP contribution in [0.1, 0.15) is 0 Å². The Balaban J connectivity index is 1.61. The Morgan fingerprint density at radius 1 is 0.938 bits per heavy atom. The molecule has 3 aromatic rings. The number of aromatic nitrogens is 2. The van der Waals surface area contributed by atoms with Crippen LogP contribution in [0, 0.1) is 0 Å². The van der Waals surface area contributed by atoms with Gasteiger partial charge in [0.05, 0.1) is 25.2 Å². The van der Waals surface area contributed by atoms with E-state index in [9.17, 15) is 8.42 Å². The zero-order valence-electron chi connectivity index (χ0n) is 17.9. The Bertz CT molecular complexity index is 1160. The van der Waals surface area contributed by atoms with Gasteiger partial charge in [-0.25, -0.2) is 8.42 Å². The lowest BCUT2D eigenvalue weighted by molar-refractivity contribution is 0.122. The van der Waals surface area contributed by atoms with E-state index in [1.165, 1.54) is 6.26 Å². The van der Waals surface area contributed by atoms with Crippen molar-refractivity contribution in [2.24, 2.45) is 0 Å². The van der Waals surface area contributed by atoms with Crippen molar-refractivity contribution in [1.29, 1.82) is 0 Å². The lowest BCUT2D eigenvalue weighted by atomic mass is 10.3. The quantitative estimate of drug-likeness (QED) is 0.555. The number of nitrogens with one attached hydrogen (secondary N) is 2. The number of rotatable bonds is 7. The van der Waals surface area contributed by atoms with Crippen LogP contribution in [0.2, 0.25) is 0 Å². The number of anilines is 5. The molecule has 0 atom stereocenters. The van der Waals surface area contributed by atoms with Gasteiger partial charge in [0.25, 0.3) is 0 Å². The first-order valence-electron chi connectivity index (χ1n) is 10.1. The molecule has 4 rings (SSSR count). The zero-order valence-corrected chi connectivity index (χ0v) is 18.7. The van der Waals surface area contributed by atoms with Gasteiger partial charge in [-0.3, -0.25) is 0 Å². The summed E-state index contributed by atoms with van der Waals surface area (Å²) >= 11 is 0. The number of hydrogen-bond donors (Lipinski definition) is 2. The summed E-state index contributed by atoms with van der Waals surface area (Å²) in [6.07, 6.45) is 1.18. The van der Waals surface area contributed by atoms with Crippen LogP contribution in [-0.2, 0) is 14.6 Å². The molecule has 0 saturated carbocycles. The van der Waals surface area contributed by atoms with E-state index in [4.69, 9.17) is 9.47 Å². The fraction of sp³-hybridized carbons (Fsp3) is 0.273. The van der Waals surface area contributed by atoms with Gasteiger partial charge in [-0.05, 0) is 48.5 Å². The molecular formula is C22H25N5O4S. The van der Waals surface area contributed by atoms with Crippen molar-refractivity contribution in [3.8, 4) is 5.75 Å². The molecule has 1 aliphatic rings. The molecule has 2 N–H and O–H groups in total. The standard InChI is InChI=1S/C22H25N5O4S/c1-30-18-7-3-16(4-8-18)23-20-15-21(27-11-13-31-14-12-27)26-22(25-20)24-17-5-9-19(10-6-17)32(2,28)29/h3-10,15H,11-14H2,1-2H3,(H2,23,24,25,26). The van der Waals surface area contributed by atoms with Gasteiger partial charge in [0, 0.05) is 36.8 Å². The van der Waals surface area contributed by atoms with Crippen LogP contribution >= 0.6 is 0 Å². The molecule has 9 nitrogen and oxygen atoms in total. The maximum absolute atomic E-state index is 11.7. The highest BCUT2D eigenvalue weighted by atomic mass is 32.2. The molecule has 1 saturated heterocycles. The molecular weight excluding hydrogens is 430 g/mol. The first-order chi connectivity index (χ1) is 15.4. The molecule has 2 aromatic carbocycles. The minimum Gasteiger partial charge on any atom is -0.497 e. The van der Waals surface area contributed by atoms with Gasteiger partial charge in [0.1, 0.15) is 17.4 Å². The highest BCUT2D eigenvalue weighted by molar-refractivity contribution is 7.90. The third-order valence-corrected chi connectivity index (χ3v) is 6.08. The molecule has 32 heavy (non-hydrogen) atoms. The Labute approximate surface area is 187 Å². The lowest BCUT2D eigenvalue weighted by Gasteiger charge is -2.28. The second-order valence-corrected chi connectivity index (χ2v) is 9.33. The van der Waals surface area contributed by atoms with E-state index in [1.807, 2.05) is 30.3 Å². The minimum atomic E-state index is -3.26. The largest absolute Gasteiger partial charge is 0.497 e. The molecule has 0 radical (unpaired) electrons. The molecule has 10 heteroatoms. The Morgan fingerprint density at radius 2 is 1.56 bits per heavy atom. The first kappa shape index (κ1) is 21.8. The van der Waals surface area contributed by atoms with Gasteiger partial charge < -0.3 is 25.0 Å². The van der Waals surface area contributed by atoms with E-state index in [2.05, 4.69) is 25.5 Å². The molecule has 1 aliphatic heterocycles. The van der Waals surface area contributed by atoms with Crippen LogP contribution in [0.3, 0.4) is 0 Å². The topological polar surface area (TPSA) is 106 Å². The number of benzene rings is 2. The summed E-state index contributed by atoms with van der Waals surface area (Å²) in [7, 11) is -1.63. The molecule has 0 unspecified atom stereocenters. The summed E-state index contributed by atoms with van der Waals surface area (Å²) in [5.41, 5.74) is 1.55. The number of hydrogen-bond acceptors (Lipinski definition) is 9. The normalized spacial score (nSPS) is 14.1. The van der Waals surface area contributed by atoms with E-state index in [-0.39, 0.29) is 4.90 Å². The number of methoxy groups -OCH3 is 1. The van der Waals surface area contributed by atoms with Crippen LogP contribution in [-0.4, -0.2) is 58.1 Å². The smallest absolute Gasteiger partial charge is 0.231 e. The van der Waals surface area contributed by atoms with Gasteiger partial charge in [0.15, 0.2) is 9.84 Å². The number of nitrogens with zero attached hydrogens (tertiary/aromatic N) is 3. The summed E-state index contributed by atoms with van der Waals surface area (Å²) in [6, 6.07) is 15.9. The SMILES string of the molecule is COc1ccc(Nc2cc(N3CCOCC3)nc(Nc3ccc(S(C)(=O)=O)cc3)n2)cc1. The average molecular weight is 456 g/mol. The van der Waals surface area contributed by atoms with Gasteiger partial charge in [-0.1, -0.05) is 0 Å². The van der Waals surface area contributed by atoms with Crippen LogP contribution in [0.25, 0.3) is 0 Å². The van der Waals surface area contributed by atoms with Crippen LogP contribution < -0.4 is 20.3 Å². The van der Waals surface area contributed by atoms with Crippen molar-refractivity contribution in [1.82, 2.24) is 9.97 Å². The van der Waals surface area contributed by atoms with E-state index in [1.54, 1.807) is 31.4 Å². The second-order valence-electron chi connectivity index (χ2n) is 7.31. The molecule has 168 valence electrons. The van der Waals surface area contributed by atoms with Gasteiger partial charge in [0.2, 0.25) is 5.95 Å². The molecule has 1 fully saturated rings. The lowest BCUT2D eigenvalue weighted by Crippen LogP contribution is -2.36. The maximum atomic E-state index is 11.7. The number of morpholine rings is 1. The van der Waals surface area contributed by atoms with Crippen molar-refractivity contribution in [3.63, 3.8) is 0 Å². The van der Waals surface area contributed by atoms with E-state index in [0.29, 0.717) is 30.7 Å². The third kappa shape index (κ3) is 5.45. The molecule has 0 bridgehead atoms. The third-order valence-electron chi connectivity index (χ3n) is 4.95. The average Bonchev–Trinajstić information content (AvgIpc) is 2.80. The Hall–Kier alpha value is -3.37. The van der Waals surface area contributed by atoms with Crippen molar-refractivity contribution in [2.45, 2.75) is 4.90 Å². The molecule has 0 aliphatic carbocycles. The predicted octanol–water partition coefficient (Wildman–Crippen LogP) is 3.21. The van der Waals surface area contributed by atoms with Crippen molar-refractivity contribution in [3.05, 3.63) is 54.6 Å². The second kappa shape index (κ2) is 9.41. The first-order valence-corrected chi connectivity index (χ1v) is 12.0. The Morgan fingerprint density at radius 3 is 2.19 bits per heavy atom. The summed E-state index contributed by atoms with van der Waals surface area (Å²) in [5.74, 6) is 2.57. The van der Waals surface area contributed by atoms with Gasteiger partial charge >= 0.3 is 0 Å². The summed E-state index contributed by atoms with van der Waals surface area (Å²) in [4.78, 5) is 11.7. The minimum absolute atomic E-state index is 0.257. The highest BCUT2D eigenvalue weighted by Crippen LogP contribution is 2.25. The number of ether oxygens (including phenoxy) is 2. The van der Waals surface area contributed by atoms with Gasteiger partial charge in [-0.15, -0.1) is 0 Å². The van der Waals surface area contributed by atoms with Crippen molar-refractivity contribution in [2.75, 3.05) is 55.2 Å². The highest BCUT2D eigenvalue weighted by Gasteiger charge is 2.16. The molecule has 0 spiro atoms. The van der Waals surface area contributed by atoms with Crippen LogP contribution in [0.5, 0.6) is 5.75 Å². The van der Waals surface area contributed by atoms with E-state index in [0.717, 1.165) is 30.3 Å². The zero-order chi connectivity index (χ0) is 22.6. The van der Waals surface area contributed by atoms with Gasteiger partial charge in [-0.2, -0.15) is 9.97 Å². The predicted molar refractivity (Wildman–Crippen MR) is 124 cm³/mol. The monoisotopic (exact) mass is 455 g/mol. The van der Waals surface area contributed by atoms with E-state index >= 15 is 0 Å². The molecule has 2 heterocycles.